The van der Waals surface area contributed by atoms with Gasteiger partial charge < -0.3 is 10.2 Å². The SMILES string of the molecule is CCC(C)n1ncc2c(C(=O)N3CCC(NC)CC3)cc(C)nc21.Cl.Cl. The molecule has 2 aromatic heterocycles. The van der Waals surface area contributed by atoms with Crippen molar-refractivity contribution in [3.63, 3.8) is 0 Å². The van der Waals surface area contributed by atoms with Crippen molar-refractivity contribution in [3.8, 4) is 0 Å². The minimum Gasteiger partial charge on any atom is -0.339 e. The summed E-state index contributed by atoms with van der Waals surface area (Å²) in [4.78, 5) is 19.6. The number of hydrogen-bond acceptors (Lipinski definition) is 4. The van der Waals surface area contributed by atoms with Gasteiger partial charge in [-0.1, -0.05) is 6.92 Å². The number of piperidine rings is 1. The van der Waals surface area contributed by atoms with Gasteiger partial charge in [0.1, 0.15) is 0 Å². The van der Waals surface area contributed by atoms with Crippen LogP contribution >= 0.6 is 24.8 Å². The number of rotatable bonds is 4. The molecule has 3 rings (SSSR count). The average Bonchev–Trinajstić information content (AvgIpc) is 3.03. The van der Waals surface area contributed by atoms with E-state index in [1.165, 1.54) is 0 Å². The summed E-state index contributed by atoms with van der Waals surface area (Å²) in [5, 5.41) is 8.66. The zero-order valence-corrected chi connectivity index (χ0v) is 17.5. The van der Waals surface area contributed by atoms with Crippen LogP contribution in [0.4, 0.5) is 0 Å². The number of carbonyl (C=O) groups excluding carboxylic acids is 1. The Kier molecular flexibility index (Phi) is 8.31. The van der Waals surface area contributed by atoms with E-state index in [4.69, 9.17) is 0 Å². The highest BCUT2D eigenvalue weighted by Crippen LogP contribution is 2.24. The fourth-order valence-electron chi connectivity index (χ4n) is 3.36. The molecule has 1 N–H and O–H groups in total. The Bertz CT molecular complexity index is 741. The second-order valence-electron chi connectivity index (χ2n) is 6.75. The second kappa shape index (κ2) is 9.53. The molecule has 0 saturated carbocycles. The third kappa shape index (κ3) is 4.30. The molecule has 2 aromatic rings. The van der Waals surface area contributed by atoms with E-state index in [1.54, 1.807) is 6.20 Å². The number of pyridine rings is 1. The van der Waals surface area contributed by atoms with Gasteiger partial charge in [0.05, 0.1) is 23.2 Å². The van der Waals surface area contributed by atoms with E-state index in [9.17, 15) is 4.79 Å². The lowest BCUT2D eigenvalue weighted by Crippen LogP contribution is -2.44. The molecular weight excluding hydrogens is 373 g/mol. The van der Waals surface area contributed by atoms with Gasteiger partial charge >= 0.3 is 0 Å². The van der Waals surface area contributed by atoms with Crippen LogP contribution in [0.1, 0.15) is 55.2 Å². The first kappa shape index (κ1) is 22.7. The topological polar surface area (TPSA) is 63.1 Å². The number of nitrogens with one attached hydrogen (secondary N) is 1. The molecule has 0 spiro atoms. The van der Waals surface area contributed by atoms with Crippen molar-refractivity contribution in [2.75, 3.05) is 20.1 Å². The number of halogens is 2. The molecule has 1 aliphatic heterocycles. The van der Waals surface area contributed by atoms with Gasteiger partial charge in [-0.15, -0.1) is 24.8 Å². The Hall–Kier alpha value is -1.37. The predicted molar refractivity (Wildman–Crippen MR) is 110 cm³/mol. The van der Waals surface area contributed by atoms with Crippen molar-refractivity contribution in [1.29, 1.82) is 0 Å². The summed E-state index contributed by atoms with van der Waals surface area (Å²) in [6, 6.07) is 2.69. The quantitative estimate of drug-likeness (QED) is 0.852. The average molecular weight is 402 g/mol. The number of amides is 1. The number of aryl methyl sites for hydroxylation is 1. The van der Waals surface area contributed by atoms with Gasteiger partial charge in [0, 0.05) is 24.8 Å². The normalized spacial score (nSPS) is 16.1. The van der Waals surface area contributed by atoms with Gasteiger partial charge in [0.15, 0.2) is 5.65 Å². The van der Waals surface area contributed by atoms with Crippen LogP contribution in [0.2, 0.25) is 0 Å². The molecule has 6 nitrogen and oxygen atoms in total. The molecule has 0 aliphatic carbocycles. The van der Waals surface area contributed by atoms with Crippen LogP contribution in [0.25, 0.3) is 11.0 Å². The molecule has 1 aliphatic rings. The van der Waals surface area contributed by atoms with Crippen LogP contribution < -0.4 is 5.32 Å². The van der Waals surface area contributed by atoms with E-state index in [-0.39, 0.29) is 36.8 Å². The Balaban J connectivity index is 0.00000169. The molecule has 0 bridgehead atoms. The summed E-state index contributed by atoms with van der Waals surface area (Å²) in [6.07, 6.45) is 4.78. The highest BCUT2D eigenvalue weighted by molar-refractivity contribution is 6.05. The van der Waals surface area contributed by atoms with Crippen LogP contribution in [0, 0.1) is 6.92 Å². The number of fused-ring (bicyclic) bond motifs is 1. The van der Waals surface area contributed by atoms with Gasteiger partial charge in [-0.2, -0.15) is 5.10 Å². The minimum atomic E-state index is 0. The first-order valence-corrected chi connectivity index (χ1v) is 8.86. The number of likely N-dealkylation sites (tertiary alicyclic amines) is 1. The van der Waals surface area contributed by atoms with E-state index in [0.717, 1.165) is 54.6 Å². The van der Waals surface area contributed by atoms with E-state index in [1.807, 2.05) is 29.6 Å². The Morgan fingerprint density at radius 3 is 2.58 bits per heavy atom. The predicted octanol–water partition coefficient (Wildman–Crippen LogP) is 3.38. The van der Waals surface area contributed by atoms with Crippen molar-refractivity contribution in [1.82, 2.24) is 25.0 Å². The summed E-state index contributed by atoms with van der Waals surface area (Å²) < 4.78 is 1.94. The van der Waals surface area contributed by atoms with Crippen LogP contribution in [0.15, 0.2) is 12.3 Å². The highest BCUT2D eigenvalue weighted by atomic mass is 35.5. The van der Waals surface area contributed by atoms with Crippen LogP contribution in [0.5, 0.6) is 0 Å². The maximum Gasteiger partial charge on any atom is 0.254 e. The maximum absolute atomic E-state index is 13.1. The first-order valence-electron chi connectivity index (χ1n) is 8.86. The van der Waals surface area contributed by atoms with Gasteiger partial charge in [-0.05, 0) is 46.2 Å². The molecule has 1 fully saturated rings. The summed E-state index contributed by atoms with van der Waals surface area (Å²) in [5.74, 6) is 0.101. The molecule has 8 heteroatoms. The minimum absolute atomic E-state index is 0. The fourth-order valence-corrected chi connectivity index (χ4v) is 3.36. The molecule has 0 aromatic carbocycles. The molecule has 1 amide bonds. The zero-order valence-electron chi connectivity index (χ0n) is 15.9. The number of nitrogens with zero attached hydrogens (tertiary/aromatic N) is 4. The number of carbonyl (C=O) groups is 1. The molecule has 3 heterocycles. The molecule has 1 atom stereocenters. The summed E-state index contributed by atoms with van der Waals surface area (Å²) in [5.41, 5.74) is 2.41. The van der Waals surface area contributed by atoms with Crippen molar-refractivity contribution in [2.24, 2.45) is 0 Å². The van der Waals surface area contributed by atoms with Crippen molar-refractivity contribution < 1.29 is 4.79 Å². The second-order valence-corrected chi connectivity index (χ2v) is 6.75. The molecular formula is C18H29Cl2N5O. The van der Waals surface area contributed by atoms with Crippen molar-refractivity contribution in [3.05, 3.63) is 23.5 Å². The first-order chi connectivity index (χ1) is 11.5. The lowest BCUT2D eigenvalue weighted by Gasteiger charge is -2.32. The van der Waals surface area contributed by atoms with E-state index < -0.39 is 0 Å². The van der Waals surface area contributed by atoms with Crippen LogP contribution in [-0.2, 0) is 0 Å². The summed E-state index contributed by atoms with van der Waals surface area (Å²) in [7, 11) is 1.99. The zero-order chi connectivity index (χ0) is 17.3. The molecule has 1 saturated heterocycles. The van der Waals surface area contributed by atoms with Gasteiger partial charge in [-0.3, -0.25) is 4.79 Å². The molecule has 1 unspecified atom stereocenters. The van der Waals surface area contributed by atoms with Gasteiger partial charge in [0.25, 0.3) is 5.91 Å². The lowest BCUT2D eigenvalue weighted by atomic mass is 10.0. The third-order valence-corrected chi connectivity index (χ3v) is 5.12. The van der Waals surface area contributed by atoms with E-state index in [2.05, 4.69) is 29.2 Å². The van der Waals surface area contributed by atoms with Gasteiger partial charge in [-0.25, -0.2) is 9.67 Å². The third-order valence-electron chi connectivity index (χ3n) is 5.12. The summed E-state index contributed by atoms with van der Waals surface area (Å²) >= 11 is 0. The standard InChI is InChI=1S/C18H27N5O.2ClH/c1-5-13(3)23-17-16(11-20-23)15(10-12(2)21-17)18(24)22-8-6-14(19-4)7-9-22;;/h10-11,13-14,19H,5-9H2,1-4H3;2*1H. The highest BCUT2D eigenvalue weighted by Gasteiger charge is 2.25. The van der Waals surface area contributed by atoms with Gasteiger partial charge in [0.2, 0.25) is 0 Å². The maximum atomic E-state index is 13.1. The molecule has 146 valence electrons. The van der Waals surface area contributed by atoms with E-state index >= 15 is 0 Å². The van der Waals surface area contributed by atoms with Crippen LogP contribution in [0.3, 0.4) is 0 Å². The smallest absolute Gasteiger partial charge is 0.254 e. The number of hydrogen-bond donors (Lipinski definition) is 1. The van der Waals surface area contributed by atoms with Crippen molar-refractivity contribution >= 4 is 41.8 Å². The Morgan fingerprint density at radius 1 is 1.35 bits per heavy atom. The fraction of sp³-hybridized carbons (Fsp3) is 0.611. The van der Waals surface area contributed by atoms with E-state index in [0.29, 0.717) is 6.04 Å². The number of aromatic nitrogens is 3. The van der Waals surface area contributed by atoms with Crippen molar-refractivity contribution in [2.45, 2.75) is 52.1 Å². The lowest BCUT2D eigenvalue weighted by molar-refractivity contribution is 0.0709. The molecule has 26 heavy (non-hydrogen) atoms. The Morgan fingerprint density at radius 2 is 2.00 bits per heavy atom. The monoisotopic (exact) mass is 401 g/mol. The summed E-state index contributed by atoms with van der Waals surface area (Å²) in [6.45, 7) is 7.79. The Labute approximate surface area is 167 Å². The largest absolute Gasteiger partial charge is 0.339 e. The van der Waals surface area contributed by atoms with Crippen LogP contribution in [-0.4, -0.2) is 51.8 Å². The molecule has 0 radical (unpaired) electrons.